The van der Waals surface area contributed by atoms with Crippen LogP contribution in [0.1, 0.15) is 18.9 Å². The lowest BCUT2D eigenvalue weighted by molar-refractivity contribution is -0.150. The molecule has 0 aromatic heterocycles. The number of aromatic hydroxyl groups is 1. The SMILES string of the molecule is CC(=O)C1(Cc2cccc(O)c2)CCOC1=O. The molecule has 1 aromatic carbocycles. The van der Waals surface area contributed by atoms with Crippen molar-refractivity contribution in [3.8, 4) is 5.75 Å². The van der Waals surface area contributed by atoms with Crippen LogP contribution in [0, 0.1) is 5.41 Å². The van der Waals surface area contributed by atoms with E-state index >= 15 is 0 Å². The number of rotatable bonds is 3. The molecule has 0 bridgehead atoms. The van der Waals surface area contributed by atoms with Gasteiger partial charge < -0.3 is 9.84 Å². The van der Waals surface area contributed by atoms with Crippen molar-refractivity contribution in [3.63, 3.8) is 0 Å². The highest BCUT2D eigenvalue weighted by atomic mass is 16.5. The number of ether oxygens (including phenoxy) is 1. The van der Waals surface area contributed by atoms with Gasteiger partial charge in [-0.15, -0.1) is 0 Å². The monoisotopic (exact) mass is 234 g/mol. The van der Waals surface area contributed by atoms with Crippen LogP contribution in [0.5, 0.6) is 5.75 Å². The number of phenolic OH excluding ortho intramolecular Hbond substituents is 1. The Hall–Kier alpha value is -1.84. The zero-order chi connectivity index (χ0) is 12.5. The number of hydrogen-bond donors (Lipinski definition) is 1. The molecule has 1 N–H and O–H groups in total. The van der Waals surface area contributed by atoms with Crippen LogP contribution >= 0.6 is 0 Å². The maximum absolute atomic E-state index is 11.7. The highest BCUT2D eigenvalue weighted by Crippen LogP contribution is 2.35. The summed E-state index contributed by atoms with van der Waals surface area (Å²) < 4.78 is 4.91. The zero-order valence-corrected chi connectivity index (χ0v) is 9.60. The molecule has 0 amide bonds. The lowest BCUT2D eigenvalue weighted by atomic mass is 9.77. The van der Waals surface area contributed by atoms with Crippen LogP contribution < -0.4 is 0 Å². The first kappa shape index (κ1) is 11.6. The number of carbonyl (C=O) groups is 2. The third-order valence-corrected chi connectivity index (χ3v) is 3.24. The van der Waals surface area contributed by atoms with Crippen LogP contribution in [-0.2, 0) is 20.7 Å². The van der Waals surface area contributed by atoms with Gasteiger partial charge in [0, 0.05) is 6.42 Å². The van der Waals surface area contributed by atoms with Gasteiger partial charge in [0.15, 0.2) is 0 Å². The van der Waals surface area contributed by atoms with Gasteiger partial charge in [-0.3, -0.25) is 9.59 Å². The number of cyclic esters (lactones) is 1. The molecule has 4 heteroatoms. The predicted molar refractivity (Wildman–Crippen MR) is 60.5 cm³/mol. The van der Waals surface area contributed by atoms with E-state index in [2.05, 4.69) is 0 Å². The Balaban J connectivity index is 2.31. The zero-order valence-electron chi connectivity index (χ0n) is 9.60. The Morgan fingerprint density at radius 3 is 2.82 bits per heavy atom. The molecule has 17 heavy (non-hydrogen) atoms. The molecule has 1 aliphatic rings. The highest BCUT2D eigenvalue weighted by Gasteiger charge is 2.48. The molecule has 1 fully saturated rings. The van der Waals surface area contributed by atoms with Crippen LogP contribution in [0.2, 0.25) is 0 Å². The molecule has 1 atom stereocenters. The summed E-state index contributed by atoms with van der Waals surface area (Å²) in [5.41, 5.74) is -0.299. The molecule has 1 aromatic rings. The molecule has 2 rings (SSSR count). The summed E-state index contributed by atoms with van der Waals surface area (Å²) in [6.07, 6.45) is 0.701. The lowest BCUT2D eigenvalue weighted by Crippen LogP contribution is -2.36. The van der Waals surface area contributed by atoms with E-state index in [1.54, 1.807) is 24.3 Å². The largest absolute Gasteiger partial charge is 0.508 e. The summed E-state index contributed by atoms with van der Waals surface area (Å²) >= 11 is 0. The van der Waals surface area contributed by atoms with Gasteiger partial charge in [0.05, 0.1) is 6.61 Å². The van der Waals surface area contributed by atoms with Crippen molar-refractivity contribution in [3.05, 3.63) is 29.8 Å². The van der Waals surface area contributed by atoms with Crippen molar-refractivity contribution in [2.45, 2.75) is 19.8 Å². The molecular weight excluding hydrogens is 220 g/mol. The van der Waals surface area contributed by atoms with E-state index in [4.69, 9.17) is 4.74 Å². The second kappa shape index (κ2) is 4.20. The predicted octanol–water partition coefficient (Wildman–Crippen LogP) is 1.46. The van der Waals surface area contributed by atoms with Gasteiger partial charge >= 0.3 is 5.97 Å². The molecule has 1 saturated heterocycles. The van der Waals surface area contributed by atoms with Gasteiger partial charge in [-0.1, -0.05) is 12.1 Å². The second-order valence-electron chi connectivity index (χ2n) is 4.37. The first-order valence-electron chi connectivity index (χ1n) is 5.51. The Morgan fingerprint density at radius 1 is 1.53 bits per heavy atom. The topological polar surface area (TPSA) is 63.6 Å². The van der Waals surface area contributed by atoms with E-state index in [-0.39, 0.29) is 24.6 Å². The van der Waals surface area contributed by atoms with Gasteiger partial charge in [0.2, 0.25) is 0 Å². The van der Waals surface area contributed by atoms with Crippen molar-refractivity contribution in [2.24, 2.45) is 5.41 Å². The number of Topliss-reactive ketones (excluding diaryl/α,β-unsaturated/α-hetero) is 1. The van der Waals surface area contributed by atoms with Crippen molar-refractivity contribution < 1.29 is 19.4 Å². The number of ketones is 1. The van der Waals surface area contributed by atoms with Crippen LogP contribution in [0.3, 0.4) is 0 Å². The fraction of sp³-hybridized carbons (Fsp3) is 0.385. The van der Waals surface area contributed by atoms with Crippen molar-refractivity contribution in [1.29, 1.82) is 0 Å². The number of benzene rings is 1. The minimum atomic E-state index is -1.06. The van der Waals surface area contributed by atoms with Crippen LogP contribution in [0.15, 0.2) is 24.3 Å². The summed E-state index contributed by atoms with van der Waals surface area (Å²) in [5, 5.41) is 9.37. The maximum atomic E-state index is 11.7. The van der Waals surface area contributed by atoms with Crippen molar-refractivity contribution >= 4 is 11.8 Å². The van der Waals surface area contributed by atoms with E-state index < -0.39 is 11.4 Å². The van der Waals surface area contributed by atoms with E-state index in [1.807, 2.05) is 0 Å². The molecule has 4 nitrogen and oxygen atoms in total. The normalized spacial score (nSPS) is 23.5. The number of phenols is 1. The van der Waals surface area contributed by atoms with E-state index in [0.717, 1.165) is 5.56 Å². The average molecular weight is 234 g/mol. The summed E-state index contributed by atoms with van der Waals surface area (Å²) in [7, 11) is 0. The van der Waals surface area contributed by atoms with Crippen LogP contribution in [0.25, 0.3) is 0 Å². The molecular formula is C13H14O4. The van der Waals surface area contributed by atoms with Gasteiger partial charge in [-0.25, -0.2) is 0 Å². The Labute approximate surface area is 99.2 Å². The van der Waals surface area contributed by atoms with Gasteiger partial charge in [-0.2, -0.15) is 0 Å². The Kier molecular flexibility index (Phi) is 2.88. The molecule has 0 radical (unpaired) electrons. The highest BCUT2D eigenvalue weighted by molar-refractivity contribution is 6.04. The van der Waals surface area contributed by atoms with Crippen LogP contribution in [0.4, 0.5) is 0 Å². The molecule has 1 heterocycles. The minimum Gasteiger partial charge on any atom is -0.508 e. The fourth-order valence-corrected chi connectivity index (χ4v) is 2.18. The number of esters is 1. The second-order valence-corrected chi connectivity index (χ2v) is 4.37. The number of carbonyl (C=O) groups excluding carboxylic acids is 2. The number of hydrogen-bond acceptors (Lipinski definition) is 4. The molecule has 0 spiro atoms. The van der Waals surface area contributed by atoms with E-state index in [0.29, 0.717) is 6.42 Å². The maximum Gasteiger partial charge on any atom is 0.320 e. The molecule has 1 unspecified atom stereocenters. The average Bonchev–Trinajstić information content (AvgIpc) is 2.61. The van der Waals surface area contributed by atoms with Crippen molar-refractivity contribution in [1.82, 2.24) is 0 Å². The molecule has 0 saturated carbocycles. The first-order valence-corrected chi connectivity index (χ1v) is 5.51. The summed E-state index contributed by atoms with van der Waals surface area (Å²) in [6, 6.07) is 6.60. The molecule has 1 aliphatic heterocycles. The van der Waals surface area contributed by atoms with E-state index in [9.17, 15) is 14.7 Å². The van der Waals surface area contributed by atoms with E-state index in [1.165, 1.54) is 6.92 Å². The summed E-state index contributed by atoms with van der Waals surface area (Å²) in [5.74, 6) is -0.496. The van der Waals surface area contributed by atoms with Crippen molar-refractivity contribution in [2.75, 3.05) is 6.61 Å². The third-order valence-electron chi connectivity index (χ3n) is 3.24. The van der Waals surface area contributed by atoms with Gasteiger partial charge in [0.1, 0.15) is 16.9 Å². The summed E-state index contributed by atoms with van der Waals surface area (Å²) in [4.78, 5) is 23.4. The third kappa shape index (κ3) is 2.02. The fourth-order valence-electron chi connectivity index (χ4n) is 2.18. The summed E-state index contributed by atoms with van der Waals surface area (Å²) in [6.45, 7) is 1.70. The molecule has 90 valence electrons. The Morgan fingerprint density at radius 2 is 2.29 bits per heavy atom. The van der Waals surface area contributed by atoms with Crippen LogP contribution in [-0.4, -0.2) is 23.5 Å². The first-order chi connectivity index (χ1) is 8.04. The lowest BCUT2D eigenvalue weighted by Gasteiger charge is -2.21. The smallest absolute Gasteiger partial charge is 0.320 e. The quantitative estimate of drug-likeness (QED) is 0.635. The minimum absolute atomic E-state index is 0.132. The Bertz CT molecular complexity index is 466. The van der Waals surface area contributed by atoms with Gasteiger partial charge in [0.25, 0.3) is 0 Å². The standard InChI is InChI=1S/C13H14O4/c1-9(14)13(5-6-17-12(13)16)8-10-3-2-4-11(15)7-10/h2-4,7,15H,5-6,8H2,1H3. The molecule has 0 aliphatic carbocycles. The van der Waals surface area contributed by atoms with Gasteiger partial charge in [-0.05, 0) is 31.0 Å².